The molecule has 3 rings (SSSR count). The highest BCUT2D eigenvalue weighted by Crippen LogP contribution is 2.26. The summed E-state index contributed by atoms with van der Waals surface area (Å²) in [6.45, 7) is 4.91. The molecule has 1 heterocycles. The van der Waals surface area contributed by atoms with Crippen LogP contribution < -0.4 is 15.5 Å². The third-order valence-corrected chi connectivity index (χ3v) is 5.39. The molecule has 0 atom stereocenters. The summed E-state index contributed by atoms with van der Waals surface area (Å²) in [4.78, 5) is 14.4. The van der Waals surface area contributed by atoms with Crippen LogP contribution in [0.2, 0.25) is 5.02 Å². The number of thiocarbonyl (C=S) groups is 1. The quantitative estimate of drug-likeness (QED) is 0.378. The third kappa shape index (κ3) is 5.84. The molecular formula is C22H26ClN3O2S. The number of nitrogens with one attached hydrogen (secondary N) is 2. The predicted molar refractivity (Wildman–Crippen MR) is 123 cm³/mol. The second-order valence-corrected chi connectivity index (χ2v) is 7.68. The molecule has 0 radical (unpaired) electrons. The van der Waals surface area contributed by atoms with E-state index < -0.39 is 5.97 Å². The number of ether oxygens (including phenoxy) is 1. The molecule has 2 aromatic rings. The van der Waals surface area contributed by atoms with Crippen LogP contribution in [-0.2, 0) is 11.2 Å². The van der Waals surface area contributed by atoms with Crippen molar-refractivity contribution in [1.29, 1.82) is 0 Å². The van der Waals surface area contributed by atoms with E-state index >= 15 is 0 Å². The molecule has 2 aromatic carbocycles. The van der Waals surface area contributed by atoms with Crippen molar-refractivity contribution < 1.29 is 9.53 Å². The van der Waals surface area contributed by atoms with Gasteiger partial charge >= 0.3 is 5.97 Å². The van der Waals surface area contributed by atoms with Crippen LogP contribution in [0, 0.1) is 0 Å². The number of esters is 1. The van der Waals surface area contributed by atoms with Gasteiger partial charge in [0.1, 0.15) is 0 Å². The molecule has 7 heteroatoms. The highest BCUT2D eigenvalue weighted by atomic mass is 35.5. The zero-order valence-corrected chi connectivity index (χ0v) is 18.1. The van der Waals surface area contributed by atoms with Gasteiger partial charge in [-0.3, -0.25) is 0 Å². The van der Waals surface area contributed by atoms with Crippen molar-refractivity contribution in [2.75, 3.05) is 36.5 Å². The summed E-state index contributed by atoms with van der Waals surface area (Å²) in [5, 5.41) is 7.20. The van der Waals surface area contributed by atoms with Gasteiger partial charge < -0.3 is 20.3 Å². The first-order chi connectivity index (χ1) is 14.1. The highest BCUT2D eigenvalue weighted by molar-refractivity contribution is 7.80. The second kappa shape index (κ2) is 10.5. The summed E-state index contributed by atoms with van der Waals surface area (Å²) in [6.07, 6.45) is 3.34. The van der Waals surface area contributed by atoms with E-state index in [1.165, 1.54) is 17.7 Å². The minimum atomic E-state index is -0.443. The van der Waals surface area contributed by atoms with Crippen LogP contribution in [0.15, 0.2) is 42.5 Å². The maximum absolute atomic E-state index is 12.0. The minimum absolute atomic E-state index is 0.300. The van der Waals surface area contributed by atoms with Crippen molar-refractivity contribution in [2.45, 2.75) is 26.2 Å². The molecule has 1 aliphatic rings. The topological polar surface area (TPSA) is 53.6 Å². The van der Waals surface area contributed by atoms with Gasteiger partial charge in [0.15, 0.2) is 5.11 Å². The molecule has 154 valence electrons. The van der Waals surface area contributed by atoms with E-state index in [0.29, 0.717) is 28.0 Å². The Morgan fingerprint density at radius 1 is 1.28 bits per heavy atom. The molecule has 29 heavy (non-hydrogen) atoms. The Bertz CT molecular complexity index is 875. The summed E-state index contributed by atoms with van der Waals surface area (Å²) in [5.41, 5.74) is 3.81. The van der Waals surface area contributed by atoms with Gasteiger partial charge in [0.25, 0.3) is 0 Å². The molecule has 0 fully saturated rings. The Morgan fingerprint density at radius 2 is 2.10 bits per heavy atom. The monoisotopic (exact) mass is 431 g/mol. The smallest absolute Gasteiger partial charge is 0.339 e. The number of carbonyl (C=O) groups excluding carboxylic acids is 1. The van der Waals surface area contributed by atoms with E-state index in [-0.39, 0.29) is 0 Å². The van der Waals surface area contributed by atoms with Gasteiger partial charge in [-0.05, 0) is 68.2 Å². The fourth-order valence-electron chi connectivity index (χ4n) is 3.46. The molecule has 1 aliphatic heterocycles. The maximum Gasteiger partial charge on any atom is 0.339 e. The summed E-state index contributed by atoms with van der Waals surface area (Å²) >= 11 is 11.5. The Balaban J connectivity index is 1.46. The number of halogens is 1. The van der Waals surface area contributed by atoms with Crippen LogP contribution in [0.1, 0.15) is 35.7 Å². The van der Waals surface area contributed by atoms with Crippen molar-refractivity contribution in [3.8, 4) is 0 Å². The SMILES string of the molecule is CCOC(=O)c1cc(NC(=S)NCCCN2CCCc3ccccc32)ccc1Cl. The van der Waals surface area contributed by atoms with Crippen molar-refractivity contribution in [1.82, 2.24) is 5.32 Å². The summed E-state index contributed by atoms with van der Waals surface area (Å²) < 4.78 is 5.03. The molecule has 0 aliphatic carbocycles. The Hall–Kier alpha value is -2.31. The zero-order valence-electron chi connectivity index (χ0n) is 16.5. The number of fused-ring (bicyclic) bond motifs is 1. The van der Waals surface area contributed by atoms with Gasteiger partial charge in [0.2, 0.25) is 0 Å². The number of aryl methyl sites for hydroxylation is 1. The van der Waals surface area contributed by atoms with E-state index in [1.807, 2.05) is 0 Å². The summed E-state index contributed by atoms with van der Waals surface area (Å²) in [5.74, 6) is -0.443. The average Bonchev–Trinajstić information content (AvgIpc) is 2.73. The number of carbonyl (C=O) groups is 1. The Labute approximate surface area is 182 Å². The van der Waals surface area contributed by atoms with Gasteiger partial charge in [-0.2, -0.15) is 0 Å². The van der Waals surface area contributed by atoms with E-state index in [1.54, 1.807) is 25.1 Å². The Morgan fingerprint density at radius 3 is 2.93 bits per heavy atom. The lowest BCUT2D eigenvalue weighted by Gasteiger charge is -2.31. The first-order valence-electron chi connectivity index (χ1n) is 9.93. The molecule has 0 unspecified atom stereocenters. The number of hydrogen-bond donors (Lipinski definition) is 2. The lowest BCUT2D eigenvalue weighted by atomic mass is 10.0. The highest BCUT2D eigenvalue weighted by Gasteiger charge is 2.15. The fraction of sp³-hybridized carbons (Fsp3) is 0.364. The standard InChI is InChI=1S/C22H26ClN3O2S/c1-2-28-21(27)18-15-17(10-11-19(18)23)25-22(29)24-12-6-14-26-13-5-8-16-7-3-4-9-20(16)26/h3-4,7,9-11,15H,2,5-6,8,12-14H2,1H3,(H2,24,25,29). The molecule has 0 spiro atoms. The summed E-state index contributed by atoms with van der Waals surface area (Å²) in [6, 6.07) is 13.7. The van der Waals surface area contributed by atoms with Crippen LogP contribution in [0.25, 0.3) is 0 Å². The first kappa shape index (κ1) is 21.4. The minimum Gasteiger partial charge on any atom is -0.462 e. The number of benzene rings is 2. The van der Waals surface area contributed by atoms with Crippen molar-refractivity contribution in [3.63, 3.8) is 0 Å². The predicted octanol–water partition coefficient (Wildman–Crippen LogP) is 4.65. The number of anilines is 2. The molecule has 0 saturated carbocycles. The summed E-state index contributed by atoms with van der Waals surface area (Å²) in [7, 11) is 0. The largest absolute Gasteiger partial charge is 0.462 e. The van der Waals surface area contributed by atoms with Crippen molar-refractivity contribution in [3.05, 3.63) is 58.6 Å². The van der Waals surface area contributed by atoms with Crippen LogP contribution in [0.4, 0.5) is 11.4 Å². The van der Waals surface area contributed by atoms with Gasteiger partial charge in [0, 0.05) is 31.0 Å². The van der Waals surface area contributed by atoms with Gasteiger partial charge in [0.05, 0.1) is 17.2 Å². The van der Waals surface area contributed by atoms with Crippen molar-refractivity contribution >= 4 is 46.3 Å². The Kier molecular flexibility index (Phi) is 7.72. The van der Waals surface area contributed by atoms with E-state index in [2.05, 4.69) is 39.8 Å². The lowest BCUT2D eigenvalue weighted by Crippen LogP contribution is -2.34. The average molecular weight is 432 g/mol. The molecule has 0 bridgehead atoms. The van der Waals surface area contributed by atoms with Crippen molar-refractivity contribution in [2.24, 2.45) is 0 Å². The maximum atomic E-state index is 12.0. The fourth-order valence-corrected chi connectivity index (χ4v) is 3.87. The normalized spacial score (nSPS) is 12.8. The van der Waals surface area contributed by atoms with Gasteiger partial charge in [-0.15, -0.1) is 0 Å². The van der Waals surface area contributed by atoms with E-state index in [0.717, 1.165) is 32.5 Å². The van der Waals surface area contributed by atoms with E-state index in [9.17, 15) is 4.79 Å². The van der Waals surface area contributed by atoms with Crippen LogP contribution in [0.5, 0.6) is 0 Å². The third-order valence-electron chi connectivity index (χ3n) is 4.82. The zero-order chi connectivity index (χ0) is 20.6. The van der Waals surface area contributed by atoms with Gasteiger partial charge in [-0.1, -0.05) is 29.8 Å². The molecule has 5 nitrogen and oxygen atoms in total. The molecule has 2 N–H and O–H groups in total. The molecule has 0 aromatic heterocycles. The lowest BCUT2D eigenvalue weighted by molar-refractivity contribution is 0.0526. The van der Waals surface area contributed by atoms with Crippen LogP contribution >= 0.6 is 23.8 Å². The number of para-hydroxylation sites is 1. The molecule has 0 amide bonds. The number of rotatable bonds is 7. The number of nitrogens with zero attached hydrogens (tertiary/aromatic N) is 1. The van der Waals surface area contributed by atoms with Gasteiger partial charge in [-0.25, -0.2) is 4.79 Å². The molecule has 0 saturated heterocycles. The second-order valence-electron chi connectivity index (χ2n) is 6.87. The molecular weight excluding hydrogens is 406 g/mol. The van der Waals surface area contributed by atoms with Crippen LogP contribution in [-0.4, -0.2) is 37.3 Å². The first-order valence-corrected chi connectivity index (χ1v) is 10.7. The number of hydrogen-bond acceptors (Lipinski definition) is 4. The van der Waals surface area contributed by atoms with Crippen LogP contribution in [0.3, 0.4) is 0 Å². The van der Waals surface area contributed by atoms with E-state index in [4.69, 9.17) is 28.6 Å².